The van der Waals surface area contributed by atoms with Crippen LogP contribution in [0.25, 0.3) is 0 Å². The normalized spacial score (nSPS) is 11.0. The molecule has 0 aromatic heterocycles. The molecule has 0 bridgehead atoms. The molecule has 1 amide bonds. The van der Waals surface area contributed by atoms with Crippen molar-refractivity contribution < 1.29 is 17.6 Å². The van der Waals surface area contributed by atoms with Crippen molar-refractivity contribution in [2.75, 3.05) is 31.6 Å². The van der Waals surface area contributed by atoms with Gasteiger partial charge in [0.05, 0.1) is 0 Å². The molecule has 0 unspecified atom stereocenters. The largest absolute Gasteiger partial charge is 0.373 e. The van der Waals surface area contributed by atoms with Crippen molar-refractivity contribution in [3.63, 3.8) is 0 Å². The molecule has 0 saturated heterocycles. The smallest absolute Gasteiger partial charge is 0.251 e. The molecule has 0 saturated carbocycles. The van der Waals surface area contributed by atoms with Crippen LogP contribution in [-0.2, 0) is 10.0 Å². The molecule has 0 aliphatic carbocycles. The number of hydrogen-bond acceptors (Lipinski definition) is 4. The number of sulfonamides is 1. The fraction of sp³-hybridized carbons (Fsp3) is 0.211. The first-order valence-corrected chi connectivity index (χ1v) is 9.78. The number of nitrogens with zero attached hydrogens (tertiary/aromatic N) is 1. The zero-order chi connectivity index (χ0) is 19.9. The van der Waals surface area contributed by atoms with Crippen LogP contribution in [0, 0.1) is 5.82 Å². The molecule has 0 spiro atoms. The van der Waals surface area contributed by atoms with Gasteiger partial charge in [0.25, 0.3) is 5.91 Å². The molecule has 0 fully saturated rings. The van der Waals surface area contributed by atoms with Crippen molar-refractivity contribution in [3.05, 3.63) is 72.6 Å². The molecule has 0 radical (unpaired) electrons. The second kappa shape index (κ2) is 9.29. The number of halogens is 1. The SMILES string of the molecule is C=CCNS(=O)(=O)c1cc(C(=O)NCCN(C)c2ccccc2)ccc1F. The number of hydrogen-bond donors (Lipinski definition) is 2. The van der Waals surface area contributed by atoms with Crippen LogP contribution >= 0.6 is 0 Å². The fourth-order valence-electron chi connectivity index (χ4n) is 2.35. The average Bonchev–Trinajstić information content (AvgIpc) is 2.67. The molecule has 6 nitrogen and oxygen atoms in total. The number of carbonyl (C=O) groups is 1. The van der Waals surface area contributed by atoms with Gasteiger partial charge in [0.15, 0.2) is 0 Å². The number of para-hydroxylation sites is 1. The molecule has 8 heteroatoms. The van der Waals surface area contributed by atoms with E-state index in [9.17, 15) is 17.6 Å². The van der Waals surface area contributed by atoms with Gasteiger partial charge in [-0.15, -0.1) is 6.58 Å². The summed E-state index contributed by atoms with van der Waals surface area (Å²) in [5.74, 6) is -1.40. The molecule has 2 rings (SSSR count). The molecule has 27 heavy (non-hydrogen) atoms. The Morgan fingerprint density at radius 1 is 1.22 bits per heavy atom. The summed E-state index contributed by atoms with van der Waals surface area (Å²) >= 11 is 0. The Morgan fingerprint density at radius 2 is 1.93 bits per heavy atom. The molecule has 2 aromatic carbocycles. The van der Waals surface area contributed by atoms with E-state index in [0.717, 1.165) is 17.8 Å². The first-order valence-electron chi connectivity index (χ1n) is 8.29. The molecule has 0 aliphatic heterocycles. The highest BCUT2D eigenvalue weighted by atomic mass is 32.2. The minimum Gasteiger partial charge on any atom is -0.373 e. The molecule has 0 heterocycles. The Hall–Kier alpha value is -2.71. The number of nitrogens with one attached hydrogen (secondary N) is 2. The number of benzene rings is 2. The third-order valence-corrected chi connectivity index (χ3v) is 5.27. The van der Waals surface area contributed by atoms with Gasteiger partial charge in [-0.05, 0) is 30.3 Å². The second-order valence-corrected chi connectivity index (χ2v) is 7.53. The van der Waals surface area contributed by atoms with E-state index in [-0.39, 0.29) is 12.1 Å². The summed E-state index contributed by atoms with van der Waals surface area (Å²) in [5.41, 5.74) is 1.08. The zero-order valence-electron chi connectivity index (χ0n) is 15.0. The second-order valence-electron chi connectivity index (χ2n) is 5.80. The van der Waals surface area contributed by atoms with Crippen molar-refractivity contribution in [3.8, 4) is 0 Å². The van der Waals surface area contributed by atoms with Gasteiger partial charge in [-0.25, -0.2) is 17.5 Å². The molecule has 0 aliphatic rings. The first kappa shape index (κ1) is 20.6. The standard InChI is InChI=1S/C19H22FN3O3S/c1-3-11-22-27(25,26)18-14-15(9-10-17(18)20)19(24)21-12-13-23(2)16-7-5-4-6-8-16/h3-10,14,22H,1,11-13H2,2H3,(H,21,24). The Morgan fingerprint density at radius 3 is 2.59 bits per heavy atom. The van der Waals surface area contributed by atoms with E-state index in [2.05, 4.69) is 16.6 Å². The topological polar surface area (TPSA) is 78.5 Å². The number of rotatable bonds is 9. The van der Waals surface area contributed by atoms with E-state index in [1.165, 1.54) is 12.1 Å². The lowest BCUT2D eigenvalue weighted by Crippen LogP contribution is -2.33. The van der Waals surface area contributed by atoms with E-state index >= 15 is 0 Å². The van der Waals surface area contributed by atoms with Crippen molar-refractivity contribution in [1.29, 1.82) is 0 Å². The van der Waals surface area contributed by atoms with Crippen LogP contribution in [0.2, 0.25) is 0 Å². The van der Waals surface area contributed by atoms with Crippen molar-refractivity contribution >= 4 is 21.6 Å². The van der Waals surface area contributed by atoms with Gasteiger partial charge < -0.3 is 10.2 Å². The summed E-state index contributed by atoms with van der Waals surface area (Å²) in [6, 6.07) is 12.9. The predicted molar refractivity (Wildman–Crippen MR) is 104 cm³/mol. The van der Waals surface area contributed by atoms with E-state index in [1.54, 1.807) is 0 Å². The maximum atomic E-state index is 13.9. The van der Waals surface area contributed by atoms with Crippen LogP contribution in [0.15, 0.2) is 66.1 Å². The maximum absolute atomic E-state index is 13.9. The molecular formula is C19H22FN3O3S. The van der Waals surface area contributed by atoms with Crippen LogP contribution in [0.4, 0.5) is 10.1 Å². The molecular weight excluding hydrogens is 369 g/mol. The summed E-state index contributed by atoms with van der Waals surface area (Å²) in [6.45, 7) is 4.27. The quantitative estimate of drug-likeness (QED) is 0.642. The van der Waals surface area contributed by atoms with Crippen LogP contribution < -0.4 is 14.9 Å². The minimum atomic E-state index is -4.06. The van der Waals surface area contributed by atoms with Gasteiger partial charge >= 0.3 is 0 Å². The highest BCUT2D eigenvalue weighted by Crippen LogP contribution is 2.16. The van der Waals surface area contributed by atoms with Gasteiger partial charge in [-0.3, -0.25) is 4.79 Å². The lowest BCUT2D eigenvalue weighted by Gasteiger charge is -2.19. The highest BCUT2D eigenvalue weighted by molar-refractivity contribution is 7.89. The van der Waals surface area contributed by atoms with Crippen molar-refractivity contribution in [2.24, 2.45) is 0 Å². The summed E-state index contributed by atoms with van der Waals surface area (Å²) < 4.78 is 40.3. The molecule has 2 aromatic rings. The van der Waals surface area contributed by atoms with Gasteiger partial charge in [0.2, 0.25) is 10.0 Å². The molecule has 0 atom stereocenters. The van der Waals surface area contributed by atoms with Gasteiger partial charge in [0, 0.05) is 37.9 Å². The lowest BCUT2D eigenvalue weighted by atomic mass is 10.2. The van der Waals surface area contributed by atoms with Crippen LogP contribution in [-0.4, -0.2) is 41.0 Å². The molecule has 2 N–H and O–H groups in total. The van der Waals surface area contributed by atoms with Gasteiger partial charge in [0.1, 0.15) is 10.7 Å². The Labute approximate surface area is 158 Å². The van der Waals surface area contributed by atoms with Gasteiger partial charge in [-0.2, -0.15) is 0 Å². The maximum Gasteiger partial charge on any atom is 0.251 e. The summed E-state index contributed by atoms with van der Waals surface area (Å²) in [7, 11) is -2.17. The number of anilines is 1. The summed E-state index contributed by atoms with van der Waals surface area (Å²) in [5, 5.41) is 2.71. The monoisotopic (exact) mass is 391 g/mol. The van der Waals surface area contributed by atoms with E-state index in [1.807, 2.05) is 42.3 Å². The summed E-state index contributed by atoms with van der Waals surface area (Å²) in [6.07, 6.45) is 1.34. The first-order chi connectivity index (χ1) is 12.8. The van der Waals surface area contributed by atoms with Crippen LogP contribution in [0.5, 0.6) is 0 Å². The third kappa shape index (κ3) is 5.63. The number of likely N-dealkylation sites (N-methyl/N-ethyl adjacent to an activating group) is 1. The number of amides is 1. The highest BCUT2D eigenvalue weighted by Gasteiger charge is 2.20. The predicted octanol–water partition coefficient (Wildman–Crippen LogP) is 2.16. The fourth-order valence-corrected chi connectivity index (χ4v) is 3.45. The van der Waals surface area contributed by atoms with E-state index in [0.29, 0.717) is 13.1 Å². The number of carbonyl (C=O) groups excluding carboxylic acids is 1. The zero-order valence-corrected chi connectivity index (χ0v) is 15.8. The Kier molecular flexibility index (Phi) is 7.09. The van der Waals surface area contributed by atoms with Crippen LogP contribution in [0.1, 0.15) is 10.4 Å². The average molecular weight is 391 g/mol. The molecule has 144 valence electrons. The van der Waals surface area contributed by atoms with Crippen LogP contribution in [0.3, 0.4) is 0 Å². The van der Waals surface area contributed by atoms with E-state index < -0.39 is 26.6 Å². The Balaban J connectivity index is 2.02. The van der Waals surface area contributed by atoms with Crippen molar-refractivity contribution in [2.45, 2.75) is 4.90 Å². The van der Waals surface area contributed by atoms with Gasteiger partial charge in [-0.1, -0.05) is 24.3 Å². The third-order valence-electron chi connectivity index (χ3n) is 3.83. The van der Waals surface area contributed by atoms with Crippen molar-refractivity contribution in [1.82, 2.24) is 10.0 Å². The Bertz CT molecular complexity index is 902. The van der Waals surface area contributed by atoms with E-state index in [4.69, 9.17) is 0 Å². The summed E-state index contributed by atoms with van der Waals surface area (Å²) in [4.78, 5) is 13.7. The minimum absolute atomic E-state index is 0.0377. The lowest BCUT2D eigenvalue weighted by molar-refractivity contribution is 0.0954.